The Hall–Kier alpha value is -1.42. The minimum Gasteiger partial charge on any atom is -0.336 e. The molecule has 76 valence electrons. The van der Waals surface area contributed by atoms with Crippen LogP contribution in [-0.4, -0.2) is 28.9 Å². The van der Waals surface area contributed by atoms with Gasteiger partial charge < -0.3 is 10.6 Å². The summed E-state index contributed by atoms with van der Waals surface area (Å²) in [6.45, 7) is 3.18. The molecule has 0 aliphatic heterocycles. The molecule has 2 N–H and O–H groups in total. The first-order valence-electron chi connectivity index (χ1n) is 4.65. The van der Waals surface area contributed by atoms with Crippen LogP contribution in [0.15, 0.2) is 24.4 Å². The molecule has 1 amide bonds. The van der Waals surface area contributed by atoms with Gasteiger partial charge in [-0.25, -0.2) is 0 Å². The van der Waals surface area contributed by atoms with Crippen LogP contribution in [0.25, 0.3) is 0 Å². The topological polar surface area (TPSA) is 59.2 Å². The SMILES string of the molecule is CCN(Cc1ccccn1)C(=O)CN. The lowest BCUT2D eigenvalue weighted by Gasteiger charge is -2.19. The smallest absolute Gasteiger partial charge is 0.236 e. The number of nitrogens with zero attached hydrogens (tertiary/aromatic N) is 2. The molecule has 0 saturated carbocycles. The minimum absolute atomic E-state index is 0.0434. The molecular weight excluding hydrogens is 178 g/mol. The van der Waals surface area contributed by atoms with Crippen molar-refractivity contribution in [1.29, 1.82) is 0 Å². The van der Waals surface area contributed by atoms with E-state index in [0.29, 0.717) is 13.1 Å². The molecule has 14 heavy (non-hydrogen) atoms. The maximum atomic E-state index is 11.3. The summed E-state index contributed by atoms with van der Waals surface area (Å²) in [5.41, 5.74) is 6.18. The van der Waals surface area contributed by atoms with E-state index in [1.54, 1.807) is 11.1 Å². The molecule has 1 heterocycles. The summed E-state index contributed by atoms with van der Waals surface area (Å²) in [5, 5.41) is 0. The van der Waals surface area contributed by atoms with Crippen LogP contribution in [-0.2, 0) is 11.3 Å². The summed E-state index contributed by atoms with van der Waals surface area (Å²) < 4.78 is 0. The Morgan fingerprint density at radius 1 is 1.57 bits per heavy atom. The quantitative estimate of drug-likeness (QED) is 0.752. The van der Waals surface area contributed by atoms with Gasteiger partial charge in [-0.05, 0) is 19.1 Å². The van der Waals surface area contributed by atoms with Crippen molar-refractivity contribution in [3.05, 3.63) is 30.1 Å². The third kappa shape index (κ3) is 2.81. The van der Waals surface area contributed by atoms with Crippen LogP contribution >= 0.6 is 0 Å². The van der Waals surface area contributed by atoms with Crippen LogP contribution in [0.2, 0.25) is 0 Å². The van der Waals surface area contributed by atoms with E-state index in [1.165, 1.54) is 0 Å². The van der Waals surface area contributed by atoms with Gasteiger partial charge in [-0.15, -0.1) is 0 Å². The number of likely N-dealkylation sites (N-methyl/N-ethyl adjacent to an activating group) is 1. The lowest BCUT2D eigenvalue weighted by molar-refractivity contribution is -0.130. The zero-order valence-electron chi connectivity index (χ0n) is 8.31. The molecule has 1 rings (SSSR count). The zero-order valence-corrected chi connectivity index (χ0v) is 8.31. The highest BCUT2D eigenvalue weighted by Crippen LogP contribution is 2.00. The van der Waals surface area contributed by atoms with Crippen LogP contribution in [0.5, 0.6) is 0 Å². The normalized spacial score (nSPS) is 9.86. The van der Waals surface area contributed by atoms with Gasteiger partial charge in [0, 0.05) is 12.7 Å². The number of hydrogen-bond acceptors (Lipinski definition) is 3. The van der Waals surface area contributed by atoms with E-state index >= 15 is 0 Å². The Morgan fingerprint density at radius 2 is 2.36 bits per heavy atom. The Bertz CT molecular complexity index is 287. The first kappa shape index (κ1) is 10.7. The average Bonchev–Trinajstić information content (AvgIpc) is 2.26. The average molecular weight is 193 g/mol. The van der Waals surface area contributed by atoms with E-state index in [-0.39, 0.29) is 12.5 Å². The molecule has 0 bridgehead atoms. The first-order valence-corrected chi connectivity index (χ1v) is 4.65. The molecule has 0 aliphatic rings. The number of carbonyl (C=O) groups excluding carboxylic acids is 1. The molecule has 0 unspecified atom stereocenters. The molecule has 0 atom stereocenters. The largest absolute Gasteiger partial charge is 0.336 e. The van der Waals surface area contributed by atoms with Gasteiger partial charge in [-0.1, -0.05) is 6.07 Å². The summed E-state index contributed by atoms with van der Waals surface area (Å²) in [5.74, 6) is -0.0434. The van der Waals surface area contributed by atoms with Crippen molar-refractivity contribution >= 4 is 5.91 Å². The molecular formula is C10H15N3O. The lowest BCUT2D eigenvalue weighted by Crippen LogP contribution is -2.35. The van der Waals surface area contributed by atoms with Gasteiger partial charge >= 0.3 is 0 Å². The molecule has 1 aromatic heterocycles. The van der Waals surface area contributed by atoms with Crippen molar-refractivity contribution in [2.45, 2.75) is 13.5 Å². The molecule has 0 saturated heterocycles. The molecule has 0 fully saturated rings. The predicted octanol–water partition coefficient (Wildman–Crippen LogP) is 0.389. The highest BCUT2D eigenvalue weighted by molar-refractivity contribution is 5.77. The Labute approximate surface area is 83.7 Å². The van der Waals surface area contributed by atoms with Crippen LogP contribution in [0, 0.1) is 0 Å². The third-order valence-corrected chi connectivity index (χ3v) is 1.99. The summed E-state index contributed by atoms with van der Waals surface area (Å²) in [7, 11) is 0. The molecule has 0 radical (unpaired) electrons. The second kappa shape index (κ2) is 5.34. The molecule has 1 aromatic rings. The van der Waals surface area contributed by atoms with Crippen LogP contribution < -0.4 is 5.73 Å². The lowest BCUT2D eigenvalue weighted by atomic mass is 10.3. The summed E-state index contributed by atoms with van der Waals surface area (Å²) in [4.78, 5) is 17.2. The van der Waals surface area contributed by atoms with Crippen LogP contribution in [0.3, 0.4) is 0 Å². The third-order valence-electron chi connectivity index (χ3n) is 1.99. The van der Waals surface area contributed by atoms with Gasteiger partial charge in [-0.2, -0.15) is 0 Å². The van der Waals surface area contributed by atoms with Crippen LogP contribution in [0.4, 0.5) is 0 Å². The summed E-state index contributed by atoms with van der Waals surface area (Å²) >= 11 is 0. The highest BCUT2D eigenvalue weighted by Gasteiger charge is 2.09. The Morgan fingerprint density at radius 3 is 2.86 bits per heavy atom. The number of amides is 1. The van der Waals surface area contributed by atoms with Crippen molar-refractivity contribution in [3.63, 3.8) is 0 Å². The molecule has 4 heteroatoms. The number of hydrogen-bond donors (Lipinski definition) is 1. The van der Waals surface area contributed by atoms with E-state index in [9.17, 15) is 4.79 Å². The van der Waals surface area contributed by atoms with Gasteiger partial charge in [0.2, 0.25) is 5.91 Å². The number of rotatable bonds is 4. The molecule has 4 nitrogen and oxygen atoms in total. The van der Waals surface area contributed by atoms with Crippen molar-refractivity contribution in [1.82, 2.24) is 9.88 Å². The number of carbonyl (C=O) groups is 1. The van der Waals surface area contributed by atoms with E-state index < -0.39 is 0 Å². The van der Waals surface area contributed by atoms with Crippen molar-refractivity contribution in [2.24, 2.45) is 5.73 Å². The summed E-state index contributed by atoms with van der Waals surface area (Å²) in [6, 6.07) is 5.65. The fourth-order valence-corrected chi connectivity index (χ4v) is 1.19. The van der Waals surface area contributed by atoms with Gasteiger partial charge in [0.15, 0.2) is 0 Å². The van der Waals surface area contributed by atoms with Crippen molar-refractivity contribution in [2.75, 3.05) is 13.1 Å². The van der Waals surface area contributed by atoms with Crippen molar-refractivity contribution < 1.29 is 4.79 Å². The fourth-order valence-electron chi connectivity index (χ4n) is 1.19. The van der Waals surface area contributed by atoms with E-state index in [1.807, 2.05) is 25.1 Å². The number of nitrogens with two attached hydrogens (primary N) is 1. The van der Waals surface area contributed by atoms with Gasteiger partial charge in [0.25, 0.3) is 0 Å². The predicted molar refractivity (Wildman–Crippen MR) is 54.4 cm³/mol. The van der Waals surface area contributed by atoms with Gasteiger partial charge in [0.05, 0.1) is 18.8 Å². The fraction of sp³-hybridized carbons (Fsp3) is 0.400. The standard InChI is InChI=1S/C10H15N3O/c1-2-13(10(14)7-11)8-9-5-3-4-6-12-9/h3-6H,2,7-8,11H2,1H3. The molecule has 0 spiro atoms. The maximum Gasteiger partial charge on any atom is 0.236 e. The monoisotopic (exact) mass is 193 g/mol. The van der Waals surface area contributed by atoms with E-state index in [0.717, 1.165) is 5.69 Å². The highest BCUT2D eigenvalue weighted by atomic mass is 16.2. The van der Waals surface area contributed by atoms with E-state index in [4.69, 9.17) is 5.73 Å². The zero-order chi connectivity index (χ0) is 10.4. The Kier molecular flexibility index (Phi) is 4.07. The maximum absolute atomic E-state index is 11.3. The second-order valence-electron chi connectivity index (χ2n) is 2.93. The Balaban J connectivity index is 2.62. The summed E-state index contributed by atoms with van der Waals surface area (Å²) in [6.07, 6.45) is 1.72. The van der Waals surface area contributed by atoms with Crippen molar-refractivity contribution in [3.8, 4) is 0 Å². The number of pyridine rings is 1. The van der Waals surface area contributed by atoms with Gasteiger partial charge in [0.1, 0.15) is 0 Å². The van der Waals surface area contributed by atoms with Gasteiger partial charge in [-0.3, -0.25) is 9.78 Å². The van der Waals surface area contributed by atoms with Crippen LogP contribution in [0.1, 0.15) is 12.6 Å². The minimum atomic E-state index is -0.0434. The molecule has 0 aromatic carbocycles. The van der Waals surface area contributed by atoms with E-state index in [2.05, 4.69) is 4.98 Å². The second-order valence-corrected chi connectivity index (χ2v) is 2.93. The molecule has 0 aliphatic carbocycles. The number of aromatic nitrogens is 1. The first-order chi connectivity index (χ1) is 6.77.